The van der Waals surface area contributed by atoms with Gasteiger partial charge in [-0.15, -0.1) is 11.3 Å². The van der Waals surface area contributed by atoms with Crippen LogP contribution in [0.2, 0.25) is 0 Å². The van der Waals surface area contributed by atoms with Crippen LogP contribution in [0.3, 0.4) is 0 Å². The first kappa shape index (κ1) is 22.2. The number of carbonyl (C=O) groups is 3. The number of carboxylic acid groups (broad SMARTS) is 2. The third kappa shape index (κ3) is 5.79. The van der Waals surface area contributed by atoms with Crippen LogP contribution in [0.1, 0.15) is 45.3 Å². The van der Waals surface area contributed by atoms with Gasteiger partial charge in [-0.25, -0.2) is 9.78 Å². The molecule has 1 amide bonds. The molecule has 0 aliphatic carbocycles. The lowest BCUT2D eigenvalue weighted by Gasteiger charge is -2.12. The smallest absolute Gasteiger partial charge is 0.326 e. The number of aryl methyl sites for hydroxylation is 3. The number of amides is 1. The van der Waals surface area contributed by atoms with Crippen molar-refractivity contribution in [3.8, 4) is 0 Å². The van der Waals surface area contributed by atoms with Crippen LogP contribution in [0.4, 0.5) is 0 Å². The van der Waals surface area contributed by atoms with Gasteiger partial charge in [-0.3, -0.25) is 14.4 Å². The van der Waals surface area contributed by atoms with E-state index in [-0.39, 0.29) is 18.4 Å². The molecule has 31 heavy (non-hydrogen) atoms. The molecule has 0 radical (unpaired) electrons. The third-order valence-corrected chi connectivity index (χ3v) is 5.82. The highest BCUT2D eigenvalue weighted by Crippen LogP contribution is 2.20. The summed E-state index contributed by atoms with van der Waals surface area (Å²) >= 11 is 1.26. The lowest BCUT2D eigenvalue weighted by atomic mass is 10.1. The van der Waals surface area contributed by atoms with E-state index in [2.05, 4.69) is 20.3 Å². The molecule has 10 nitrogen and oxygen atoms in total. The first-order valence-corrected chi connectivity index (χ1v) is 10.5. The SMILES string of the molecule is Cc1nc2[nH]c(CCCc3ccc(C(=O)N[C@@H](CCC(=O)O)C(=O)O)s3)cc2c(=O)[nH]1. The molecule has 5 N–H and O–H groups in total. The van der Waals surface area contributed by atoms with Gasteiger partial charge in [0.25, 0.3) is 11.5 Å². The number of aliphatic carboxylic acids is 2. The second-order valence-corrected chi connectivity index (χ2v) is 8.29. The zero-order valence-electron chi connectivity index (χ0n) is 16.7. The van der Waals surface area contributed by atoms with Crippen molar-refractivity contribution in [3.63, 3.8) is 0 Å². The molecule has 0 unspecified atom stereocenters. The van der Waals surface area contributed by atoms with Crippen molar-refractivity contribution >= 4 is 40.2 Å². The second-order valence-electron chi connectivity index (χ2n) is 7.12. The fourth-order valence-electron chi connectivity index (χ4n) is 3.16. The molecule has 3 aromatic heterocycles. The van der Waals surface area contributed by atoms with Crippen molar-refractivity contribution in [1.82, 2.24) is 20.3 Å². The Morgan fingerprint density at radius 2 is 1.97 bits per heavy atom. The second kappa shape index (κ2) is 9.56. The summed E-state index contributed by atoms with van der Waals surface area (Å²) in [5, 5.41) is 20.8. The average molecular weight is 446 g/mol. The van der Waals surface area contributed by atoms with E-state index in [0.29, 0.717) is 34.6 Å². The summed E-state index contributed by atoms with van der Waals surface area (Å²) in [7, 11) is 0. The van der Waals surface area contributed by atoms with Gasteiger partial charge in [-0.05, 0) is 50.8 Å². The standard InChI is InChI=1S/C20H22N4O6S/c1-10-21-17-13(18(27)22-10)9-11(23-17)3-2-4-12-5-7-15(31-12)19(28)24-14(20(29)30)6-8-16(25)26/h5,7,9,14H,2-4,6,8H2,1H3,(H,24,28)(H,25,26)(H,29,30)(H2,21,22,23,27)/t14-/m0/s1. The largest absolute Gasteiger partial charge is 0.481 e. The Morgan fingerprint density at radius 3 is 2.68 bits per heavy atom. The Kier molecular flexibility index (Phi) is 6.85. The highest BCUT2D eigenvalue weighted by Gasteiger charge is 2.22. The van der Waals surface area contributed by atoms with E-state index in [1.807, 2.05) is 6.07 Å². The molecule has 0 saturated carbocycles. The van der Waals surface area contributed by atoms with Crippen LogP contribution < -0.4 is 10.9 Å². The predicted molar refractivity (Wildman–Crippen MR) is 114 cm³/mol. The Labute approximate surface area is 180 Å². The van der Waals surface area contributed by atoms with Crippen molar-refractivity contribution in [2.75, 3.05) is 0 Å². The van der Waals surface area contributed by atoms with Gasteiger partial charge in [0, 0.05) is 17.0 Å². The van der Waals surface area contributed by atoms with Crippen molar-refractivity contribution in [2.45, 2.75) is 45.1 Å². The van der Waals surface area contributed by atoms with E-state index in [9.17, 15) is 19.2 Å². The molecule has 3 rings (SSSR count). The summed E-state index contributed by atoms with van der Waals surface area (Å²) in [4.78, 5) is 57.6. The number of nitrogens with zero attached hydrogens (tertiary/aromatic N) is 1. The van der Waals surface area contributed by atoms with Gasteiger partial charge in [-0.2, -0.15) is 0 Å². The van der Waals surface area contributed by atoms with Gasteiger partial charge in [0.1, 0.15) is 17.5 Å². The molecule has 0 saturated heterocycles. The van der Waals surface area contributed by atoms with E-state index in [1.165, 1.54) is 11.3 Å². The van der Waals surface area contributed by atoms with Crippen LogP contribution in [0, 0.1) is 6.92 Å². The zero-order chi connectivity index (χ0) is 22.5. The number of hydrogen-bond acceptors (Lipinski definition) is 6. The van der Waals surface area contributed by atoms with E-state index < -0.39 is 23.9 Å². The Hall–Kier alpha value is -3.47. The lowest BCUT2D eigenvalue weighted by Crippen LogP contribution is -2.40. The predicted octanol–water partition coefficient (Wildman–Crippen LogP) is 1.84. The fraction of sp³-hybridized carbons (Fsp3) is 0.350. The van der Waals surface area contributed by atoms with Crippen LogP contribution in [0.25, 0.3) is 11.0 Å². The maximum atomic E-state index is 12.3. The molecule has 1 atom stereocenters. The van der Waals surface area contributed by atoms with Crippen LogP contribution in [0.5, 0.6) is 0 Å². The molecule has 0 fully saturated rings. The van der Waals surface area contributed by atoms with Crippen molar-refractivity contribution < 1.29 is 24.6 Å². The number of hydrogen-bond donors (Lipinski definition) is 5. The summed E-state index contributed by atoms with van der Waals surface area (Å²) in [5.74, 6) is -2.38. The summed E-state index contributed by atoms with van der Waals surface area (Å²) in [6, 6.07) is 3.97. The molecule has 0 aromatic carbocycles. The molecule has 11 heteroatoms. The number of rotatable bonds is 10. The average Bonchev–Trinajstić information content (AvgIpc) is 3.31. The summed E-state index contributed by atoms with van der Waals surface area (Å²) < 4.78 is 0. The summed E-state index contributed by atoms with van der Waals surface area (Å²) in [6.45, 7) is 1.72. The quantitative estimate of drug-likeness (QED) is 0.317. The number of aromatic nitrogens is 3. The molecular weight excluding hydrogens is 424 g/mol. The number of carboxylic acids is 2. The first-order valence-electron chi connectivity index (χ1n) is 9.65. The van der Waals surface area contributed by atoms with E-state index in [1.54, 1.807) is 19.1 Å². The minimum atomic E-state index is -1.27. The van der Waals surface area contributed by atoms with Gasteiger partial charge in [-0.1, -0.05) is 0 Å². The van der Waals surface area contributed by atoms with Gasteiger partial charge >= 0.3 is 11.9 Å². The van der Waals surface area contributed by atoms with E-state index >= 15 is 0 Å². The number of carbonyl (C=O) groups excluding carboxylic acids is 1. The molecule has 3 heterocycles. The van der Waals surface area contributed by atoms with Gasteiger partial charge in [0.2, 0.25) is 0 Å². The Morgan fingerprint density at radius 1 is 1.19 bits per heavy atom. The van der Waals surface area contributed by atoms with Gasteiger partial charge in [0.05, 0.1) is 10.3 Å². The van der Waals surface area contributed by atoms with Crippen LogP contribution >= 0.6 is 11.3 Å². The summed E-state index contributed by atoms with van der Waals surface area (Å²) in [6.07, 6.45) is 1.65. The normalized spacial score (nSPS) is 12.0. The Bertz CT molecular complexity index is 1180. The molecule has 0 aliphatic rings. The molecule has 0 bridgehead atoms. The molecule has 164 valence electrons. The van der Waals surface area contributed by atoms with E-state index in [4.69, 9.17) is 10.2 Å². The number of H-pyrrole nitrogens is 2. The summed E-state index contributed by atoms with van der Waals surface area (Å²) in [5.41, 5.74) is 1.28. The minimum absolute atomic E-state index is 0.179. The zero-order valence-corrected chi connectivity index (χ0v) is 17.5. The van der Waals surface area contributed by atoms with Crippen LogP contribution in [0.15, 0.2) is 23.0 Å². The maximum absolute atomic E-state index is 12.3. The van der Waals surface area contributed by atoms with E-state index in [0.717, 1.165) is 17.0 Å². The van der Waals surface area contributed by atoms with Crippen molar-refractivity contribution in [2.24, 2.45) is 0 Å². The topological polar surface area (TPSA) is 165 Å². The molecular formula is C20H22N4O6S. The molecule has 3 aromatic rings. The molecule has 0 aliphatic heterocycles. The number of thiophene rings is 1. The van der Waals surface area contributed by atoms with Crippen molar-refractivity contribution in [3.05, 3.63) is 49.8 Å². The minimum Gasteiger partial charge on any atom is -0.481 e. The molecule has 0 spiro atoms. The van der Waals surface area contributed by atoms with Crippen LogP contribution in [-0.4, -0.2) is 49.1 Å². The number of fused-ring (bicyclic) bond motifs is 1. The number of aromatic amines is 2. The third-order valence-electron chi connectivity index (χ3n) is 4.68. The highest BCUT2D eigenvalue weighted by molar-refractivity contribution is 7.14. The number of nitrogens with one attached hydrogen (secondary N) is 3. The Balaban J connectivity index is 1.55. The highest BCUT2D eigenvalue weighted by atomic mass is 32.1. The first-order chi connectivity index (χ1) is 14.7. The van der Waals surface area contributed by atoms with Crippen molar-refractivity contribution in [1.29, 1.82) is 0 Å². The maximum Gasteiger partial charge on any atom is 0.326 e. The lowest BCUT2D eigenvalue weighted by molar-refractivity contribution is -0.140. The monoisotopic (exact) mass is 446 g/mol. The van der Waals surface area contributed by atoms with Gasteiger partial charge in [0.15, 0.2) is 0 Å². The van der Waals surface area contributed by atoms with Crippen LogP contribution in [-0.2, 0) is 22.4 Å². The fourth-order valence-corrected chi connectivity index (χ4v) is 4.12. The van der Waals surface area contributed by atoms with Gasteiger partial charge < -0.3 is 25.5 Å².